The summed E-state index contributed by atoms with van der Waals surface area (Å²) in [5.41, 5.74) is 0. The van der Waals surface area contributed by atoms with Gasteiger partial charge in [-0.25, -0.2) is 4.99 Å². The third kappa shape index (κ3) is 3.23. The van der Waals surface area contributed by atoms with Gasteiger partial charge >= 0.3 is 5.88 Å². The van der Waals surface area contributed by atoms with Gasteiger partial charge in [0.05, 0.1) is 0 Å². The fraction of sp³-hybridized carbons (Fsp3) is 0.625. The molecule has 1 aromatic heterocycles. The zero-order valence-electron chi connectivity index (χ0n) is 7.86. The molecule has 0 aliphatic heterocycles. The first-order chi connectivity index (χ1) is 6.22. The Balaban J connectivity index is 2.58. The van der Waals surface area contributed by atoms with E-state index in [1.807, 2.05) is 0 Å². The second-order valence-electron chi connectivity index (χ2n) is 2.79. The normalized spacial score (nSPS) is 12.0. The Kier molecular flexibility index (Phi) is 3.42. The van der Waals surface area contributed by atoms with Crippen LogP contribution >= 0.6 is 0 Å². The average Bonchev–Trinajstić information content (AvgIpc) is 2.48. The van der Waals surface area contributed by atoms with Crippen LogP contribution in [-0.4, -0.2) is 11.2 Å². The van der Waals surface area contributed by atoms with Gasteiger partial charge in [-0.2, -0.15) is 0 Å². The fourth-order valence-electron chi connectivity index (χ4n) is 0.899. The highest BCUT2D eigenvalue weighted by Crippen LogP contribution is 2.05. The standard InChI is InChI=1S/C8H13N3O2/c1-3-4-5-11-6-8(13-10-11)9-7(2)12/h6H,3-5H2,1-2H3. The van der Waals surface area contributed by atoms with Crippen LogP contribution in [0.2, 0.25) is 0 Å². The molecule has 0 fully saturated rings. The molecule has 1 heterocycles. The van der Waals surface area contributed by atoms with Crippen molar-refractivity contribution in [2.45, 2.75) is 33.2 Å². The Hall–Kier alpha value is -1.39. The van der Waals surface area contributed by atoms with E-state index in [-0.39, 0.29) is 11.8 Å². The zero-order valence-corrected chi connectivity index (χ0v) is 7.86. The molecule has 13 heavy (non-hydrogen) atoms. The Morgan fingerprint density at radius 1 is 1.77 bits per heavy atom. The van der Waals surface area contributed by atoms with Crippen molar-refractivity contribution < 1.29 is 14.3 Å². The summed E-state index contributed by atoms with van der Waals surface area (Å²) in [4.78, 5) is 3.60. The summed E-state index contributed by atoms with van der Waals surface area (Å²) in [5.74, 6) is -0.0117. The molecule has 0 aromatic carbocycles. The van der Waals surface area contributed by atoms with Crippen LogP contribution in [0.4, 0.5) is 5.88 Å². The third-order valence-corrected chi connectivity index (χ3v) is 1.51. The largest absolute Gasteiger partial charge is 0.862 e. The van der Waals surface area contributed by atoms with Gasteiger partial charge in [0.2, 0.25) is 5.27 Å². The second-order valence-corrected chi connectivity index (χ2v) is 2.79. The highest BCUT2D eigenvalue weighted by atomic mass is 16.5. The first kappa shape index (κ1) is 9.70. The van der Waals surface area contributed by atoms with E-state index in [4.69, 9.17) is 4.52 Å². The van der Waals surface area contributed by atoms with Gasteiger partial charge < -0.3 is 5.11 Å². The monoisotopic (exact) mass is 183 g/mol. The summed E-state index contributed by atoms with van der Waals surface area (Å²) < 4.78 is 6.44. The lowest BCUT2D eigenvalue weighted by atomic mass is 10.3. The van der Waals surface area contributed by atoms with Crippen molar-refractivity contribution in [2.24, 2.45) is 4.99 Å². The quantitative estimate of drug-likeness (QED) is 0.380. The summed E-state index contributed by atoms with van der Waals surface area (Å²) in [6.07, 6.45) is 3.76. The topological polar surface area (TPSA) is 65.3 Å². The summed E-state index contributed by atoms with van der Waals surface area (Å²) in [7, 11) is 0. The van der Waals surface area contributed by atoms with Crippen LogP contribution < -0.4 is 9.79 Å². The molecule has 0 saturated carbocycles. The molecule has 5 nitrogen and oxygen atoms in total. The Bertz CT molecular complexity index is 289. The first-order valence-corrected chi connectivity index (χ1v) is 4.31. The molecular formula is C8H13N3O2. The van der Waals surface area contributed by atoms with Crippen molar-refractivity contribution in [3.8, 4) is 0 Å². The van der Waals surface area contributed by atoms with Crippen LogP contribution in [0.3, 0.4) is 0 Å². The van der Waals surface area contributed by atoms with Gasteiger partial charge in [-0.05, 0) is 12.8 Å². The van der Waals surface area contributed by atoms with Crippen LogP contribution in [0.5, 0.6) is 0 Å². The number of hydrogen-bond donors (Lipinski definition) is 0. The van der Waals surface area contributed by atoms with Crippen molar-refractivity contribution in [2.75, 3.05) is 0 Å². The minimum absolute atomic E-state index is 0.267. The smallest absolute Gasteiger partial charge is 0.320 e. The van der Waals surface area contributed by atoms with E-state index in [1.54, 1.807) is 10.9 Å². The molecule has 0 aliphatic carbocycles. The van der Waals surface area contributed by atoms with Crippen LogP contribution in [0.15, 0.2) is 15.7 Å². The lowest BCUT2D eigenvalue weighted by Crippen LogP contribution is -2.34. The number of nitrogens with zero attached hydrogens (tertiary/aromatic N) is 3. The number of aliphatic imine (C=N–C) groups is 1. The van der Waals surface area contributed by atoms with Gasteiger partial charge in [-0.3, -0.25) is 4.52 Å². The lowest BCUT2D eigenvalue weighted by molar-refractivity contribution is -0.762. The van der Waals surface area contributed by atoms with Crippen LogP contribution in [-0.2, 0) is 6.54 Å². The van der Waals surface area contributed by atoms with Gasteiger partial charge in [0, 0.05) is 6.42 Å². The first-order valence-electron chi connectivity index (χ1n) is 4.31. The predicted molar refractivity (Wildman–Crippen MR) is 44.4 cm³/mol. The van der Waals surface area contributed by atoms with Gasteiger partial charge in [0.1, 0.15) is 0 Å². The zero-order chi connectivity index (χ0) is 9.68. The average molecular weight is 183 g/mol. The van der Waals surface area contributed by atoms with Gasteiger partial charge in [-0.1, -0.05) is 18.0 Å². The molecule has 0 aliphatic rings. The number of rotatable bonds is 4. The molecule has 1 aromatic rings. The molecule has 0 spiro atoms. The van der Waals surface area contributed by atoms with Gasteiger partial charge in [0.15, 0.2) is 6.54 Å². The highest BCUT2D eigenvalue weighted by Gasteiger charge is 2.08. The molecule has 0 atom stereocenters. The van der Waals surface area contributed by atoms with Crippen LogP contribution in [0.25, 0.3) is 0 Å². The highest BCUT2D eigenvalue weighted by molar-refractivity contribution is 5.70. The van der Waals surface area contributed by atoms with E-state index < -0.39 is 0 Å². The van der Waals surface area contributed by atoms with Crippen molar-refractivity contribution >= 4 is 11.8 Å². The SMILES string of the molecule is CCCC[n+]1cc(/N=C(\C)[O-])on1. The van der Waals surface area contributed by atoms with Gasteiger partial charge in [0.25, 0.3) is 6.20 Å². The molecule has 5 heteroatoms. The van der Waals surface area contributed by atoms with Crippen molar-refractivity contribution in [1.82, 2.24) is 5.27 Å². The van der Waals surface area contributed by atoms with E-state index in [2.05, 4.69) is 17.2 Å². The van der Waals surface area contributed by atoms with E-state index in [9.17, 15) is 5.11 Å². The summed E-state index contributed by atoms with van der Waals surface area (Å²) >= 11 is 0. The fourth-order valence-corrected chi connectivity index (χ4v) is 0.899. The number of aromatic nitrogens is 2. The molecule has 0 unspecified atom stereocenters. The number of hydrogen-bond acceptors (Lipinski definition) is 4. The summed E-state index contributed by atoms with van der Waals surface area (Å²) in [6.45, 7) is 4.27. The number of aryl methyl sites for hydroxylation is 1. The molecule has 0 N–H and O–H groups in total. The van der Waals surface area contributed by atoms with Crippen LogP contribution in [0.1, 0.15) is 26.7 Å². The van der Waals surface area contributed by atoms with Crippen molar-refractivity contribution in [3.63, 3.8) is 0 Å². The lowest BCUT2D eigenvalue weighted by Gasteiger charge is -1.95. The maximum atomic E-state index is 10.6. The molecule has 0 amide bonds. The van der Waals surface area contributed by atoms with Crippen molar-refractivity contribution in [3.05, 3.63) is 6.20 Å². The van der Waals surface area contributed by atoms with E-state index in [0.29, 0.717) is 0 Å². The number of unbranched alkanes of at least 4 members (excludes halogenated alkanes) is 1. The molecule has 0 saturated heterocycles. The molecular weight excluding hydrogens is 170 g/mol. The van der Waals surface area contributed by atoms with E-state index >= 15 is 0 Å². The Labute approximate surface area is 76.7 Å². The second kappa shape index (κ2) is 4.59. The molecule has 72 valence electrons. The van der Waals surface area contributed by atoms with Crippen LogP contribution in [0, 0.1) is 0 Å². The molecule has 0 bridgehead atoms. The predicted octanol–water partition coefficient (Wildman–Crippen LogP) is 0.172. The minimum atomic E-state index is -0.279. The maximum Gasteiger partial charge on any atom is 0.320 e. The Morgan fingerprint density at radius 2 is 2.54 bits per heavy atom. The van der Waals surface area contributed by atoms with Gasteiger partial charge in [-0.15, -0.1) is 0 Å². The minimum Gasteiger partial charge on any atom is -0.862 e. The Morgan fingerprint density at radius 3 is 3.15 bits per heavy atom. The molecule has 0 radical (unpaired) electrons. The summed E-state index contributed by atoms with van der Waals surface area (Å²) in [6, 6.07) is 0. The van der Waals surface area contributed by atoms with E-state index in [0.717, 1.165) is 19.4 Å². The molecule has 1 rings (SSSR count). The third-order valence-electron chi connectivity index (χ3n) is 1.51. The summed E-state index contributed by atoms with van der Waals surface area (Å²) in [5, 5.41) is 14.3. The van der Waals surface area contributed by atoms with E-state index in [1.165, 1.54) is 6.92 Å². The maximum absolute atomic E-state index is 10.6. The van der Waals surface area contributed by atoms with Crippen molar-refractivity contribution in [1.29, 1.82) is 0 Å².